The van der Waals surface area contributed by atoms with E-state index in [0.29, 0.717) is 33.0 Å². The van der Waals surface area contributed by atoms with Crippen LogP contribution < -0.4 is 15.4 Å². The first kappa shape index (κ1) is 24.1. The van der Waals surface area contributed by atoms with Crippen LogP contribution in [-0.2, 0) is 11.8 Å². The molecule has 0 radical (unpaired) electrons. The number of hydrogen-bond acceptors (Lipinski definition) is 6. The lowest BCUT2D eigenvalue weighted by molar-refractivity contribution is -0.113. The Hall–Kier alpha value is -2.56. The number of methoxy groups -OCH3 is 1. The average Bonchev–Trinajstić information content (AvgIpc) is 3.15. The Bertz CT molecular complexity index is 1120. The minimum absolute atomic E-state index is 0.145. The van der Waals surface area contributed by atoms with Crippen LogP contribution in [-0.4, -0.2) is 39.4 Å². The number of amides is 2. The van der Waals surface area contributed by atoms with Crippen LogP contribution in [0.1, 0.15) is 29.1 Å². The van der Waals surface area contributed by atoms with E-state index in [0.717, 1.165) is 4.47 Å². The molecule has 0 aliphatic carbocycles. The van der Waals surface area contributed by atoms with E-state index in [1.54, 1.807) is 61.2 Å². The topological polar surface area (TPSA) is 98.1 Å². The Morgan fingerprint density at radius 1 is 1.22 bits per heavy atom. The average molecular weight is 539 g/mol. The summed E-state index contributed by atoms with van der Waals surface area (Å²) in [5, 5.41) is 15.1. The number of hydrogen-bond donors (Lipinski definition) is 2. The molecule has 0 saturated carbocycles. The number of anilines is 1. The van der Waals surface area contributed by atoms with Gasteiger partial charge in [-0.25, -0.2) is 0 Å². The minimum Gasteiger partial charge on any atom is -0.497 e. The number of nitrogens with zero attached hydrogens (tertiary/aromatic N) is 3. The molecule has 2 amide bonds. The first-order valence-electron chi connectivity index (χ1n) is 9.50. The van der Waals surface area contributed by atoms with Crippen molar-refractivity contribution in [1.82, 2.24) is 20.1 Å². The number of halogens is 2. The molecule has 0 bridgehead atoms. The van der Waals surface area contributed by atoms with Crippen molar-refractivity contribution in [3.63, 3.8) is 0 Å². The third-order valence-electron chi connectivity index (χ3n) is 4.49. The zero-order valence-corrected chi connectivity index (χ0v) is 20.7. The van der Waals surface area contributed by atoms with Crippen molar-refractivity contribution in [2.24, 2.45) is 7.05 Å². The summed E-state index contributed by atoms with van der Waals surface area (Å²) in [5.41, 5.74) is 1.12. The Kier molecular flexibility index (Phi) is 8.16. The third-order valence-corrected chi connectivity index (χ3v) is 6.74. The van der Waals surface area contributed by atoms with Crippen LogP contribution in [0, 0.1) is 0 Å². The molecule has 1 atom stereocenters. The monoisotopic (exact) mass is 537 g/mol. The minimum atomic E-state index is -0.379. The highest BCUT2D eigenvalue weighted by molar-refractivity contribution is 9.10. The van der Waals surface area contributed by atoms with Crippen molar-refractivity contribution in [3.8, 4) is 5.75 Å². The fourth-order valence-electron chi connectivity index (χ4n) is 2.82. The maximum Gasteiger partial charge on any atom is 0.251 e. The predicted molar refractivity (Wildman–Crippen MR) is 128 cm³/mol. The van der Waals surface area contributed by atoms with Crippen LogP contribution in [0.25, 0.3) is 0 Å². The molecule has 8 nitrogen and oxygen atoms in total. The molecule has 0 aliphatic heterocycles. The molecule has 168 valence electrons. The van der Waals surface area contributed by atoms with E-state index in [2.05, 4.69) is 36.8 Å². The van der Waals surface area contributed by atoms with Gasteiger partial charge in [-0.3, -0.25) is 9.59 Å². The van der Waals surface area contributed by atoms with Gasteiger partial charge in [-0.15, -0.1) is 10.2 Å². The Morgan fingerprint density at radius 3 is 2.59 bits per heavy atom. The van der Waals surface area contributed by atoms with Crippen molar-refractivity contribution in [1.29, 1.82) is 0 Å². The van der Waals surface area contributed by atoms with Crippen molar-refractivity contribution >= 4 is 56.8 Å². The number of thioether (sulfide) groups is 1. The van der Waals surface area contributed by atoms with Crippen LogP contribution >= 0.6 is 39.3 Å². The third kappa shape index (κ3) is 6.02. The summed E-state index contributed by atoms with van der Waals surface area (Å²) in [4.78, 5) is 24.8. The lowest BCUT2D eigenvalue weighted by Crippen LogP contribution is -2.28. The zero-order valence-electron chi connectivity index (χ0n) is 17.6. The second-order valence-electron chi connectivity index (χ2n) is 6.79. The molecule has 32 heavy (non-hydrogen) atoms. The predicted octanol–water partition coefficient (Wildman–Crippen LogP) is 4.46. The SMILES string of the molecule is COc1ccc(C(=O)N[C@@H](C)c2nnc(SCC(=O)Nc3ccc(Br)c(Cl)c3)n2C)cc1. The van der Waals surface area contributed by atoms with E-state index in [1.807, 2.05) is 6.92 Å². The van der Waals surface area contributed by atoms with Crippen LogP contribution in [0.5, 0.6) is 5.75 Å². The second kappa shape index (κ2) is 10.8. The molecule has 0 fully saturated rings. The molecule has 0 aliphatic rings. The van der Waals surface area contributed by atoms with Gasteiger partial charge in [-0.05, 0) is 65.3 Å². The van der Waals surface area contributed by atoms with Gasteiger partial charge < -0.3 is 19.9 Å². The number of nitrogens with one attached hydrogen (secondary N) is 2. The van der Waals surface area contributed by atoms with Gasteiger partial charge in [0, 0.05) is 22.8 Å². The van der Waals surface area contributed by atoms with E-state index in [1.165, 1.54) is 11.8 Å². The van der Waals surface area contributed by atoms with Crippen molar-refractivity contribution < 1.29 is 14.3 Å². The second-order valence-corrected chi connectivity index (χ2v) is 8.99. The van der Waals surface area contributed by atoms with Crippen LogP contribution in [0.4, 0.5) is 5.69 Å². The fraction of sp³-hybridized carbons (Fsp3) is 0.238. The maximum absolute atomic E-state index is 12.5. The highest BCUT2D eigenvalue weighted by Crippen LogP contribution is 2.26. The Labute approximate surface area is 203 Å². The quantitative estimate of drug-likeness (QED) is 0.411. The molecule has 1 heterocycles. The Morgan fingerprint density at radius 2 is 1.94 bits per heavy atom. The number of carbonyl (C=O) groups excluding carboxylic acids is 2. The van der Waals surface area contributed by atoms with Gasteiger partial charge in [0.2, 0.25) is 5.91 Å². The largest absolute Gasteiger partial charge is 0.497 e. The first-order chi connectivity index (χ1) is 15.3. The maximum atomic E-state index is 12.5. The summed E-state index contributed by atoms with van der Waals surface area (Å²) >= 11 is 10.6. The van der Waals surface area contributed by atoms with E-state index in [-0.39, 0.29) is 23.6 Å². The lowest BCUT2D eigenvalue weighted by Gasteiger charge is -2.14. The van der Waals surface area contributed by atoms with E-state index >= 15 is 0 Å². The molecule has 1 aromatic heterocycles. The molecular formula is C21H21BrClN5O3S. The normalized spacial score (nSPS) is 11.7. The summed E-state index contributed by atoms with van der Waals surface area (Å²) in [6.07, 6.45) is 0. The Balaban J connectivity index is 1.57. The molecule has 3 rings (SSSR count). The van der Waals surface area contributed by atoms with Gasteiger partial charge in [-0.1, -0.05) is 23.4 Å². The number of carbonyl (C=O) groups is 2. The molecule has 0 unspecified atom stereocenters. The van der Waals surface area contributed by atoms with E-state index < -0.39 is 0 Å². The summed E-state index contributed by atoms with van der Waals surface area (Å²) in [6, 6.07) is 11.6. The van der Waals surface area contributed by atoms with Gasteiger partial charge in [0.05, 0.1) is 23.9 Å². The molecule has 11 heteroatoms. The zero-order chi connectivity index (χ0) is 23.3. The van der Waals surface area contributed by atoms with Crippen molar-refractivity contribution in [3.05, 3.63) is 63.3 Å². The van der Waals surface area contributed by atoms with Crippen LogP contribution in [0.15, 0.2) is 52.1 Å². The lowest BCUT2D eigenvalue weighted by atomic mass is 10.2. The molecular weight excluding hydrogens is 518 g/mol. The van der Waals surface area contributed by atoms with E-state index in [9.17, 15) is 9.59 Å². The summed E-state index contributed by atoms with van der Waals surface area (Å²) in [6.45, 7) is 1.82. The van der Waals surface area contributed by atoms with Crippen LogP contribution in [0.2, 0.25) is 5.02 Å². The summed E-state index contributed by atoms with van der Waals surface area (Å²) in [7, 11) is 3.36. The van der Waals surface area contributed by atoms with Gasteiger partial charge >= 0.3 is 0 Å². The number of aromatic nitrogens is 3. The molecule has 0 saturated heterocycles. The van der Waals surface area contributed by atoms with Gasteiger partial charge in [-0.2, -0.15) is 0 Å². The molecule has 0 spiro atoms. The van der Waals surface area contributed by atoms with Gasteiger partial charge in [0.1, 0.15) is 5.75 Å². The van der Waals surface area contributed by atoms with Gasteiger partial charge in [0.15, 0.2) is 11.0 Å². The van der Waals surface area contributed by atoms with Crippen molar-refractivity contribution in [2.45, 2.75) is 18.1 Å². The first-order valence-corrected chi connectivity index (χ1v) is 11.7. The van der Waals surface area contributed by atoms with Crippen LogP contribution in [0.3, 0.4) is 0 Å². The highest BCUT2D eigenvalue weighted by Gasteiger charge is 2.19. The smallest absolute Gasteiger partial charge is 0.251 e. The number of rotatable bonds is 8. The molecule has 2 N–H and O–H groups in total. The fourth-order valence-corrected chi connectivity index (χ4v) is 3.96. The van der Waals surface area contributed by atoms with Gasteiger partial charge in [0.25, 0.3) is 5.91 Å². The number of benzene rings is 2. The number of ether oxygens (including phenoxy) is 1. The highest BCUT2D eigenvalue weighted by atomic mass is 79.9. The molecule has 3 aromatic rings. The summed E-state index contributed by atoms with van der Waals surface area (Å²) < 4.78 is 7.62. The summed E-state index contributed by atoms with van der Waals surface area (Å²) in [5.74, 6) is 0.974. The van der Waals surface area contributed by atoms with E-state index in [4.69, 9.17) is 16.3 Å². The standard InChI is InChI=1S/C21H21BrClN5O3S/c1-12(24-20(30)13-4-7-15(31-3)8-5-13)19-26-27-21(28(19)2)32-11-18(29)25-14-6-9-16(22)17(23)10-14/h4-10,12H,11H2,1-3H3,(H,24,30)(H,25,29)/t12-/m0/s1. The molecule has 2 aromatic carbocycles. The van der Waals surface area contributed by atoms with Crippen molar-refractivity contribution in [2.75, 3.05) is 18.2 Å².